The number of anilines is 2. The Hall–Kier alpha value is -2.57. The van der Waals surface area contributed by atoms with E-state index in [0.717, 1.165) is 6.07 Å². The van der Waals surface area contributed by atoms with E-state index in [9.17, 15) is 18.0 Å². The van der Waals surface area contributed by atoms with Crippen LogP contribution in [-0.4, -0.2) is 17.4 Å². The highest BCUT2D eigenvalue weighted by Gasteiger charge is 2.33. The number of hydrogen-bond donors (Lipinski definition) is 2. The molecule has 24 heavy (non-hydrogen) atoms. The Bertz CT molecular complexity index is 714. The van der Waals surface area contributed by atoms with Gasteiger partial charge < -0.3 is 10.6 Å². The summed E-state index contributed by atoms with van der Waals surface area (Å²) >= 11 is 0. The molecule has 2 N–H and O–H groups in total. The van der Waals surface area contributed by atoms with Crippen molar-refractivity contribution < 1.29 is 18.0 Å². The van der Waals surface area contributed by atoms with Gasteiger partial charge in [0.25, 0.3) is 5.91 Å². The molecule has 0 unspecified atom stereocenters. The SMILES string of the molecule is CC(C)CNC(=O)c1cc(Nc2ccccc2C(F)(F)F)ccn1. The number of rotatable bonds is 5. The molecule has 7 heteroatoms. The first-order valence-electron chi connectivity index (χ1n) is 7.45. The molecule has 0 bridgehead atoms. The van der Waals surface area contributed by atoms with Crippen LogP contribution in [0.2, 0.25) is 0 Å². The molecule has 0 radical (unpaired) electrons. The third-order valence-electron chi connectivity index (χ3n) is 3.17. The van der Waals surface area contributed by atoms with Gasteiger partial charge in [-0.1, -0.05) is 26.0 Å². The zero-order valence-electron chi connectivity index (χ0n) is 13.3. The molecule has 1 heterocycles. The molecule has 128 valence electrons. The number of halogens is 3. The maximum absolute atomic E-state index is 13.0. The quantitative estimate of drug-likeness (QED) is 0.858. The van der Waals surface area contributed by atoms with E-state index in [0.29, 0.717) is 12.2 Å². The molecule has 1 aromatic heterocycles. The van der Waals surface area contributed by atoms with Crippen molar-refractivity contribution in [2.75, 3.05) is 11.9 Å². The Balaban J connectivity index is 2.20. The number of pyridine rings is 1. The number of nitrogens with zero attached hydrogens (tertiary/aromatic N) is 1. The van der Waals surface area contributed by atoms with Gasteiger partial charge >= 0.3 is 6.18 Å². The fraction of sp³-hybridized carbons (Fsp3) is 0.294. The zero-order chi connectivity index (χ0) is 17.7. The summed E-state index contributed by atoms with van der Waals surface area (Å²) in [6.07, 6.45) is -3.09. The van der Waals surface area contributed by atoms with E-state index in [1.54, 1.807) is 0 Å². The van der Waals surface area contributed by atoms with Crippen molar-refractivity contribution >= 4 is 17.3 Å². The number of carbonyl (C=O) groups is 1. The van der Waals surface area contributed by atoms with Crippen molar-refractivity contribution in [2.24, 2.45) is 5.92 Å². The van der Waals surface area contributed by atoms with Gasteiger partial charge in [0.05, 0.1) is 11.3 Å². The molecule has 0 aliphatic rings. The molecule has 0 fully saturated rings. The number of hydrogen-bond acceptors (Lipinski definition) is 3. The second-order valence-corrected chi connectivity index (χ2v) is 5.70. The minimum Gasteiger partial charge on any atom is -0.355 e. The molecule has 0 aliphatic carbocycles. The normalized spacial score (nSPS) is 11.4. The van der Waals surface area contributed by atoms with Gasteiger partial charge in [0.2, 0.25) is 0 Å². The minimum absolute atomic E-state index is 0.0789. The first-order chi connectivity index (χ1) is 11.3. The second kappa shape index (κ2) is 7.33. The Labute approximate surface area is 138 Å². The highest BCUT2D eigenvalue weighted by Crippen LogP contribution is 2.35. The van der Waals surface area contributed by atoms with Gasteiger partial charge in [-0.25, -0.2) is 0 Å². The lowest BCUT2D eigenvalue weighted by Crippen LogP contribution is -2.28. The van der Waals surface area contributed by atoms with E-state index in [1.807, 2.05) is 13.8 Å². The summed E-state index contributed by atoms with van der Waals surface area (Å²) in [4.78, 5) is 16.0. The number of benzene rings is 1. The fourth-order valence-corrected chi connectivity index (χ4v) is 2.01. The van der Waals surface area contributed by atoms with Crippen LogP contribution >= 0.6 is 0 Å². The van der Waals surface area contributed by atoms with Crippen LogP contribution in [-0.2, 0) is 6.18 Å². The van der Waals surface area contributed by atoms with Crippen molar-refractivity contribution in [1.82, 2.24) is 10.3 Å². The smallest absolute Gasteiger partial charge is 0.355 e. The fourth-order valence-electron chi connectivity index (χ4n) is 2.01. The standard InChI is InChI=1S/C17H18F3N3O/c1-11(2)10-22-16(24)15-9-12(7-8-21-15)23-14-6-4-3-5-13(14)17(18,19)20/h3-9,11H,10H2,1-2H3,(H,21,23)(H,22,24). The van der Waals surface area contributed by atoms with Crippen LogP contribution in [0.15, 0.2) is 42.6 Å². The van der Waals surface area contributed by atoms with Gasteiger partial charge in [0.1, 0.15) is 5.69 Å². The Morgan fingerprint density at radius 1 is 1.21 bits per heavy atom. The van der Waals surface area contributed by atoms with Gasteiger partial charge in [-0.3, -0.25) is 9.78 Å². The number of carbonyl (C=O) groups excluding carboxylic acids is 1. The maximum Gasteiger partial charge on any atom is 0.418 e. The molecular formula is C17H18F3N3O. The van der Waals surface area contributed by atoms with Gasteiger partial charge in [-0.15, -0.1) is 0 Å². The third-order valence-corrected chi connectivity index (χ3v) is 3.17. The maximum atomic E-state index is 13.0. The van der Waals surface area contributed by atoms with Crippen LogP contribution in [0.25, 0.3) is 0 Å². The largest absolute Gasteiger partial charge is 0.418 e. The Morgan fingerprint density at radius 3 is 2.58 bits per heavy atom. The minimum atomic E-state index is -4.46. The predicted octanol–water partition coefficient (Wildman–Crippen LogP) is 4.23. The number of aromatic nitrogens is 1. The highest BCUT2D eigenvalue weighted by atomic mass is 19.4. The first-order valence-corrected chi connectivity index (χ1v) is 7.45. The number of nitrogens with one attached hydrogen (secondary N) is 2. The lowest BCUT2D eigenvalue weighted by molar-refractivity contribution is -0.136. The second-order valence-electron chi connectivity index (χ2n) is 5.70. The highest BCUT2D eigenvalue weighted by molar-refractivity contribution is 5.93. The summed E-state index contributed by atoms with van der Waals surface area (Å²) in [5.41, 5.74) is -0.348. The van der Waals surface area contributed by atoms with E-state index < -0.39 is 11.7 Å². The molecule has 2 rings (SSSR count). The van der Waals surface area contributed by atoms with Crippen molar-refractivity contribution in [3.63, 3.8) is 0 Å². The zero-order valence-corrected chi connectivity index (χ0v) is 13.3. The van der Waals surface area contributed by atoms with Gasteiger partial charge in [-0.05, 0) is 30.2 Å². The number of alkyl halides is 3. The predicted molar refractivity (Wildman–Crippen MR) is 86.1 cm³/mol. The summed E-state index contributed by atoms with van der Waals surface area (Å²) in [7, 11) is 0. The molecule has 1 aromatic carbocycles. The number of para-hydroxylation sites is 1. The molecule has 1 amide bonds. The third kappa shape index (κ3) is 4.71. The van der Waals surface area contributed by atoms with E-state index in [4.69, 9.17) is 0 Å². The average molecular weight is 337 g/mol. The molecule has 0 saturated carbocycles. The van der Waals surface area contributed by atoms with Crippen molar-refractivity contribution in [3.8, 4) is 0 Å². The van der Waals surface area contributed by atoms with Gasteiger partial charge in [0, 0.05) is 18.4 Å². The van der Waals surface area contributed by atoms with Crippen LogP contribution in [0.5, 0.6) is 0 Å². The van der Waals surface area contributed by atoms with Gasteiger partial charge in [-0.2, -0.15) is 13.2 Å². The molecule has 0 aliphatic heterocycles. The molecule has 0 saturated heterocycles. The summed E-state index contributed by atoms with van der Waals surface area (Å²) < 4.78 is 39.1. The van der Waals surface area contributed by atoms with Crippen LogP contribution in [0.3, 0.4) is 0 Å². The summed E-state index contributed by atoms with van der Waals surface area (Å²) in [5.74, 6) is -0.0784. The van der Waals surface area contributed by atoms with Crippen LogP contribution < -0.4 is 10.6 Å². The lowest BCUT2D eigenvalue weighted by Gasteiger charge is -2.14. The summed E-state index contributed by atoms with van der Waals surface area (Å²) in [6, 6.07) is 8.09. The van der Waals surface area contributed by atoms with Crippen molar-refractivity contribution in [2.45, 2.75) is 20.0 Å². The Kier molecular flexibility index (Phi) is 5.43. The van der Waals surface area contributed by atoms with E-state index in [2.05, 4.69) is 15.6 Å². The van der Waals surface area contributed by atoms with Gasteiger partial charge in [0.15, 0.2) is 0 Å². The lowest BCUT2D eigenvalue weighted by atomic mass is 10.1. The van der Waals surface area contributed by atoms with Crippen LogP contribution in [0, 0.1) is 5.92 Å². The van der Waals surface area contributed by atoms with Crippen molar-refractivity contribution in [3.05, 3.63) is 53.9 Å². The van der Waals surface area contributed by atoms with E-state index in [1.165, 1.54) is 36.5 Å². The molecule has 4 nitrogen and oxygen atoms in total. The molecule has 0 spiro atoms. The van der Waals surface area contributed by atoms with E-state index in [-0.39, 0.29) is 23.2 Å². The van der Waals surface area contributed by atoms with Crippen LogP contribution in [0.1, 0.15) is 29.9 Å². The topological polar surface area (TPSA) is 54.0 Å². The summed E-state index contributed by atoms with van der Waals surface area (Å²) in [6.45, 7) is 4.41. The number of amides is 1. The first kappa shape index (κ1) is 17.8. The molecule has 2 aromatic rings. The molecule has 0 atom stereocenters. The van der Waals surface area contributed by atoms with Crippen molar-refractivity contribution in [1.29, 1.82) is 0 Å². The van der Waals surface area contributed by atoms with Crippen LogP contribution in [0.4, 0.5) is 24.5 Å². The monoisotopic (exact) mass is 337 g/mol. The molecular weight excluding hydrogens is 319 g/mol. The Morgan fingerprint density at radius 2 is 1.92 bits per heavy atom. The summed E-state index contributed by atoms with van der Waals surface area (Å²) in [5, 5.41) is 5.42. The van der Waals surface area contributed by atoms with E-state index >= 15 is 0 Å². The average Bonchev–Trinajstić information content (AvgIpc) is 2.52.